The molecule has 1 unspecified atom stereocenters. The maximum atomic E-state index is 3.63. The van der Waals surface area contributed by atoms with Crippen LogP contribution in [0.2, 0.25) is 0 Å². The van der Waals surface area contributed by atoms with E-state index in [1.54, 1.807) is 11.1 Å². The van der Waals surface area contributed by atoms with Crippen molar-refractivity contribution in [3.8, 4) is 0 Å². The van der Waals surface area contributed by atoms with E-state index in [4.69, 9.17) is 0 Å². The van der Waals surface area contributed by atoms with Crippen molar-refractivity contribution in [1.29, 1.82) is 0 Å². The van der Waals surface area contributed by atoms with Crippen LogP contribution in [0.15, 0.2) is 24.3 Å². The molecule has 1 aliphatic heterocycles. The first-order valence-electron chi connectivity index (χ1n) is 7.73. The van der Waals surface area contributed by atoms with Gasteiger partial charge in [-0.15, -0.1) is 0 Å². The summed E-state index contributed by atoms with van der Waals surface area (Å²) in [6, 6.07) is 9.11. The van der Waals surface area contributed by atoms with Gasteiger partial charge in [0.05, 0.1) is 0 Å². The number of hydrogen-bond acceptors (Lipinski definition) is 1. The Bertz CT molecular complexity index is 409. The molecular weight excluding hydrogens is 298 g/mol. The fourth-order valence-electron chi connectivity index (χ4n) is 3.68. The summed E-state index contributed by atoms with van der Waals surface area (Å²) in [7, 11) is 0. The van der Waals surface area contributed by atoms with Gasteiger partial charge in [0.15, 0.2) is 0 Å². The highest BCUT2D eigenvalue weighted by atomic mass is 79.9. The summed E-state index contributed by atoms with van der Waals surface area (Å²) in [5, 5.41) is 1.19. The van der Waals surface area contributed by atoms with E-state index < -0.39 is 0 Å². The predicted molar refractivity (Wildman–Crippen MR) is 85.1 cm³/mol. The molecule has 1 heterocycles. The summed E-state index contributed by atoms with van der Waals surface area (Å²) < 4.78 is 0. The van der Waals surface area contributed by atoms with Gasteiger partial charge in [-0.2, -0.15) is 0 Å². The third-order valence-corrected chi connectivity index (χ3v) is 5.81. The van der Waals surface area contributed by atoms with Gasteiger partial charge in [0.1, 0.15) is 0 Å². The largest absolute Gasteiger partial charge is 0.303 e. The second-order valence-corrected chi connectivity index (χ2v) is 6.83. The minimum Gasteiger partial charge on any atom is -0.303 e. The summed E-state index contributed by atoms with van der Waals surface area (Å²) in [5.41, 5.74) is 3.24. The van der Waals surface area contributed by atoms with Crippen LogP contribution in [-0.4, -0.2) is 29.9 Å². The molecule has 1 aromatic carbocycles. The molecule has 0 saturated carbocycles. The van der Waals surface area contributed by atoms with Gasteiger partial charge in [0.2, 0.25) is 0 Å². The summed E-state index contributed by atoms with van der Waals surface area (Å²) in [4.78, 5) is 2.70. The van der Waals surface area contributed by atoms with E-state index in [1.165, 1.54) is 57.1 Å². The maximum absolute atomic E-state index is 3.63. The smallest absolute Gasteiger partial charge is 0.00606 e. The lowest BCUT2D eigenvalue weighted by molar-refractivity contribution is 0.180. The van der Waals surface area contributed by atoms with Gasteiger partial charge in [-0.05, 0) is 68.2 Å². The first-order chi connectivity index (χ1) is 9.36. The number of aryl methyl sites for hydroxylation is 1. The molecule has 0 spiro atoms. The van der Waals surface area contributed by atoms with Gasteiger partial charge >= 0.3 is 0 Å². The third-order valence-electron chi connectivity index (χ3n) is 4.90. The van der Waals surface area contributed by atoms with Crippen LogP contribution < -0.4 is 0 Å². The van der Waals surface area contributed by atoms with Crippen LogP contribution in [0.3, 0.4) is 0 Å². The Morgan fingerprint density at radius 3 is 2.68 bits per heavy atom. The molecule has 1 aromatic rings. The number of likely N-dealkylation sites (tertiary alicyclic amines) is 1. The quantitative estimate of drug-likeness (QED) is 0.754. The van der Waals surface area contributed by atoms with Gasteiger partial charge in [0, 0.05) is 11.9 Å². The first kappa shape index (κ1) is 13.6. The Labute approximate surface area is 125 Å². The van der Waals surface area contributed by atoms with Crippen LogP contribution in [0.5, 0.6) is 0 Å². The maximum Gasteiger partial charge on any atom is 0.00606 e. The highest BCUT2D eigenvalue weighted by molar-refractivity contribution is 9.09. The Hall–Kier alpha value is -0.340. The van der Waals surface area contributed by atoms with Crippen LogP contribution in [0.25, 0.3) is 0 Å². The molecule has 3 rings (SSSR count). The van der Waals surface area contributed by atoms with Crippen LogP contribution in [0, 0.1) is 5.92 Å². The normalized spacial score (nSPS) is 25.2. The van der Waals surface area contributed by atoms with Crippen molar-refractivity contribution in [2.45, 2.75) is 38.0 Å². The highest BCUT2D eigenvalue weighted by Crippen LogP contribution is 2.33. The van der Waals surface area contributed by atoms with Crippen LogP contribution in [-0.2, 0) is 6.42 Å². The van der Waals surface area contributed by atoms with E-state index in [-0.39, 0.29) is 0 Å². The molecular formula is C17H24BrN. The molecule has 2 aliphatic rings. The zero-order valence-electron chi connectivity index (χ0n) is 11.7. The van der Waals surface area contributed by atoms with E-state index in [0.29, 0.717) is 0 Å². The number of hydrogen-bond donors (Lipinski definition) is 0. The Kier molecular flexibility index (Phi) is 4.60. The molecule has 0 N–H and O–H groups in total. The number of benzene rings is 1. The summed E-state index contributed by atoms with van der Waals surface area (Å²) in [6.45, 7) is 3.88. The molecule has 19 heavy (non-hydrogen) atoms. The van der Waals surface area contributed by atoms with Gasteiger partial charge in [0.25, 0.3) is 0 Å². The van der Waals surface area contributed by atoms with Crippen LogP contribution >= 0.6 is 15.9 Å². The van der Waals surface area contributed by atoms with Crippen molar-refractivity contribution in [2.75, 3.05) is 25.0 Å². The average Bonchev–Trinajstić information content (AvgIpc) is 2.48. The standard InChI is InChI=1S/C17H24BrN/c18-12-14-8-10-19(11-9-14)13-16-6-3-5-15-4-1-2-7-17(15)16/h1-2,4,7,14,16H,3,5-6,8-13H2. The molecule has 0 bridgehead atoms. The summed E-state index contributed by atoms with van der Waals surface area (Å²) >= 11 is 3.63. The Morgan fingerprint density at radius 1 is 1.11 bits per heavy atom. The number of piperidine rings is 1. The summed E-state index contributed by atoms with van der Waals surface area (Å²) in [6.07, 6.45) is 6.80. The second-order valence-electron chi connectivity index (χ2n) is 6.19. The molecule has 2 heteroatoms. The fraction of sp³-hybridized carbons (Fsp3) is 0.647. The molecule has 1 saturated heterocycles. The molecule has 1 nitrogen and oxygen atoms in total. The van der Waals surface area contributed by atoms with E-state index in [0.717, 1.165) is 11.8 Å². The van der Waals surface area contributed by atoms with Crippen LogP contribution in [0.4, 0.5) is 0 Å². The van der Waals surface area contributed by atoms with Gasteiger partial charge < -0.3 is 4.90 Å². The molecule has 1 aliphatic carbocycles. The SMILES string of the molecule is BrCC1CCN(CC2CCCc3ccccc32)CC1. The third kappa shape index (κ3) is 3.22. The van der Waals surface area contributed by atoms with E-state index in [1.807, 2.05) is 0 Å². The Morgan fingerprint density at radius 2 is 1.89 bits per heavy atom. The molecule has 0 aromatic heterocycles. The Balaban J connectivity index is 1.62. The number of alkyl halides is 1. The fourth-order valence-corrected chi connectivity index (χ4v) is 4.33. The van der Waals surface area contributed by atoms with Crippen molar-refractivity contribution in [1.82, 2.24) is 4.90 Å². The number of fused-ring (bicyclic) bond motifs is 1. The van der Waals surface area contributed by atoms with Gasteiger partial charge in [-0.3, -0.25) is 0 Å². The monoisotopic (exact) mass is 321 g/mol. The zero-order valence-corrected chi connectivity index (χ0v) is 13.2. The average molecular weight is 322 g/mol. The first-order valence-corrected chi connectivity index (χ1v) is 8.85. The minimum absolute atomic E-state index is 0.783. The lowest BCUT2D eigenvalue weighted by atomic mass is 9.82. The van der Waals surface area contributed by atoms with Crippen molar-refractivity contribution < 1.29 is 0 Å². The molecule has 1 atom stereocenters. The second kappa shape index (κ2) is 6.41. The van der Waals surface area contributed by atoms with E-state index in [9.17, 15) is 0 Å². The summed E-state index contributed by atoms with van der Waals surface area (Å²) in [5.74, 6) is 1.69. The number of nitrogens with zero attached hydrogens (tertiary/aromatic N) is 1. The van der Waals surface area contributed by atoms with E-state index in [2.05, 4.69) is 45.1 Å². The lowest BCUT2D eigenvalue weighted by Crippen LogP contribution is -2.37. The molecule has 104 valence electrons. The van der Waals surface area contributed by atoms with Crippen molar-refractivity contribution >= 4 is 15.9 Å². The number of halogens is 1. The lowest BCUT2D eigenvalue weighted by Gasteiger charge is -2.35. The van der Waals surface area contributed by atoms with Gasteiger partial charge in [-0.1, -0.05) is 40.2 Å². The molecule has 0 amide bonds. The van der Waals surface area contributed by atoms with Crippen LogP contribution in [0.1, 0.15) is 42.7 Å². The van der Waals surface area contributed by atoms with Crippen molar-refractivity contribution in [2.24, 2.45) is 5.92 Å². The highest BCUT2D eigenvalue weighted by Gasteiger charge is 2.24. The van der Waals surface area contributed by atoms with Crippen molar-refractivity contribution in [3.63, 3.8) is 0 Å². The topological polar surface area (TPSA) is 3.24 Å². The number of rotatable bonds is 3. The van der Waals surface area contributed by atoms with E-state index >= 15 is 0 Å². The van der Waals surface area contributed by atoms with Gasteiger partial charge in [-0.25, -0.2) is 0 Å². The molecule has 0 radical (unpaired) electrons. The minimum atomic E-state index is 0.783. The zero-order chi connectivity index (χ0) is 13.1. The molecule has 1 fully saturated rings. The van der Waals surface area contributed by atoms with Crippen molar-refractivity contribution in [3.05, 3.63) is 35.4 Å². The predicted octanol–water partition coefficient (Wildman–Crippen LogP) is 4.21.